The molecule has 39 heavy (non-hydrogen) atoms. The summed E-state index contributed by atoms with van der Waals surface area (Å²) < 4.78 is 26.9. The van der Waals surface area contributed by atoms with E-state index in [0.29, 0.717) is 12.1 Å². The third-order valence-electron chi connectivity index (χ3n) is 6.81. The summed E-state index contributed by atoms with van der Waals surface area (Å²) in [6, 6.07) is 23.5. The van der Waals surface area contributed by atoms with Crippen molar-refractivity contribution < 1.29 is 18.0 Å². The molecule has 208 valence electrons. The molecule has 0 aliphatic carbocycles. The molecule has 0 saturated carbocycles. The van der Waals surface area contributed by atoms with Gasteiger partial charge in [-0.25, -0.2) is 8.42 Å². The van der Waals surface area contributed by atoms with Gasteiger partial charge in [-0.05, 0) is 49.9 Å². The second-order valence-corrected chi connectivity index (χ2v) is 12.0. The van der Waals surface area contributed by atoms with Crippen LogP contribution >= 0.6 is 0 Å². The van der Waals surface area contributed by atoms with Crippen LogP contribution in [0.1, 0.15) is 42.5 Å². The summed E-state index contributed by atoms with van der Waals surface area (Å²) in [6.07, 6.45) is 2.13. The van der Waals surface area contributed by atoms with Crippen molar-refractivity contribution in [2.45, 2.75) is 59.2 Å². The van der Waals surface area contributed by atoms with Gasteiger partial charge in [0.05, 0.1) is 11.9 Å². The molecule has 0 saturated heterocycles. The Hall–Kier alpha value is -3.65. The lowest BCUT2D eigenvalue weighted by atomic mass is 10.0. The zero-order chi connectivity index (χ0) is 28.6. The van der Waals surface area contributed by atoms with Gasteiger partial charge >= 0.3 is 0 Å². The summed E-state index contributed by atoms with van der Waals surface area (Å²) >= 11 is 0. The van der Waals surface area contributed by atoms with Crippen LogP contribution in [0.5, 0.6) is 0 Å². The van der Waals surface area contributed by atoms with E-state index in [2.05, 4.69) is 5.32 Å². The molecule has 7 nitrogen and oxygen atoms in total. The molecule has 3 rings (SSSR count). The molecular weight excluding hydrogens is 510 g/mol. The number of hydrogen-bond acceptors (Lipinski definition) is 4. The lowest BCUT2D eigenvalue weighted by Crippen LogP contribution is -2.54. The molecule has 3 aromatic carbocycles. The fourth-order valence-electron chi connectivity index (χ4n) is 4.32. The van der Waals surface area contributed by atoms with Crippen molar-refractivity contribution in [1.82, 2.24) is 10.2 Å². The predicted molar refractivity (Wildman–Crippen MR) is 157 cm³/mol. The van der Waals surface area contributed by atoms with Crippen LogP contribution in [-0.2, 0) is 32.6 Å². The molecule has 0 aliphatic heterocycles. The Morgan fingerprint density at radius 1 is 0.872 bits per heavy atom. The van der Waals surface area contributed by atoms with E-state index >= 15 is 0 Å². The minimum Gasteiger partial charge on any atom is -0.352 e. The van der Waals surface area contributed by atoms with Crippen molar-refractivity contribution in [1.29, 1.82) is 0 Å². The van der Waals surface area contributed by atoms with E-state index in [-0.39, 0.29) is 18.5 Å². The highest BCUT2D eigenvalue weighted by Crippen LogP contribution is 2.23. The quantitative estimate of drug-likeness (QED) is 0.357. The third kappa shape index (κ3) is 8.42. The number of benzene rings is 3. The Bertz CT molecular complexity index is 1360. The minimum atomic E-state index is -3.79. The smallest absolute Gasteiger partial charge is 0.244 e. The van der Waals surface area contributed by atoms with Crippen LogP contribution < -0.4 is 9.62 Å². The summed E-state index contributed by atoms with van der Waals surface area (Å²) in [4.78, 5) is 29.3. The number of rotatable bonds is 12. The maximum Gasteiger partial charge on any atom is 0.244 e. The third-order valence-corrected chi connectivity index (χ3v) is 7.94. The SMILES string of the molecule is CC[C@@H](C)NC(=O)[C@@H](Cc1ccccc1)N(Cc1ccc(C)cc1)C(=O)CN(c1ccccc1C)S(C)(=O)=O. The van der Waals surface area contributed by atoms with Crippen molar-refractivity contribution >= 4 is 27.5 Å². The first kappa shape index (κ1) is 29.9. The number of amides is 2. The first-order chi connectivity index (χ1) is 18.5. The van der Waals surface area contributed by atoms with E-state index in [1.807, 2.05) is 81.4 Å². The first-order valence-electron chi connectivity index (χ1n) is 13.2. The fourth-order valence-corrected chi connectivity index (χ4v) is 5.23. The average molecular weight is 550 g/mol. The summed E-state index contributed by atoms with van der Waals surface area (Å²) in [5, 5.41) is 3.04. The van der Waals surface area contributed by atoms with Crippen LogP contribution in [0.4, 0.5) is 5.69 Å². The van der Waals surface area contributed by atoms with Crippen LogP contribution in [0.25, 0.3) is 0 Å². The molecule has 2 amide bonds. The van der Waals surface area contributed by atoms with Crippen LogP contribution in [0.3, 0.4) is 0 Å². The van der Waals surface area contributed by atoms with Gasteiger partial charge in [0.15, 0.2) is 0 Å². The molecular formula is C31H39N3O4S. The molecule has 0 unspecified atom stereocenters. The van der Waals surface area contributed by atoms with Gasteiger partial charge < -0.3 is 10.2 Å². The van der Waals surface area contributed by atoms with E-state index < -0.39 is 28.5 Å². The number of sulfonamides is 1. The molecule has 0 bridgehead atoms. The Balaban J connectivity index is 2.06. The molecule has 0 spiro atoms. The standard InChI is InChI=1S/C31H39N3O4S/c1-6-25(4)32-31(36)29(20-26-13-8-7-9-14-26)33(21-27-18-16-23(2)17-19-27)30(35)22-34(39(5,37)38)28-15-11-10-12-24(28)3/h7-19,25,29H,6,20-22H2,1-5H3,(H,32,36)/t25-,29-/m1/s1. The lowest BCUT2D eigenvalue weighted by Gasteiger charge is -2.34. The number of carbonyl (C=O) groups excluding carboxylic acids is 2. The molecule has 0 aromatic heterocycles. The maximum atomic E-state index is 14.1. The molecule has 8 heteroatoms. The van der Waals surface area contributed by atoms with Crippen molar-refractivity contribution in [2.24, 2.45) is 0 Å². The van der Waals surface area contributed by atoms with Crippen LogP contribution in [0.15, 0.2) is 78.9 Å². The normalized spacial score (nSPS) is 12.8. The van der Waals surface area contributed by atoms with Crippen LogP contribution in [-0.4, -0.2) is 50.0 Å². The van der Waals surface area contributed by atoms with E-state index in [9.17, 15) is 18.0 Å². The van der Waals surface area contributed by atoms with Gasteiger partial charge in [-0.1, -0.05) is 85.3 Å². The van der Waals surface area contributed by atoms with Crippen molar-refractivity contribution in [3.05, 3.63) is 101 Å². The first-order valence-corrected chi connectivity index (χ1v) is 15.1. The van der Waals surface area contributed by atoms with E-state index in [4.69, 9.17) is 0 Å². The molecule has 0 fully saturated rings. The van der Waals surface area contributed by atoms with E-state index in [1.54, 1.807) is 25.1 Å². The zero-order valence-electron chi connectivity index (χ0n) is 23.4. The van der Waals surface area contributed by atoms with Gasteiger partial charge in [0, 0.05) is 19.0 Å². The Morgan fingerprint density at radius 3 is 2.08 bits per heavy atom. The lowest BCUT2D eigenvalue weighted by molar-refractivity contribution is -0.140. The second kappa shape index (κ2) is 13.4. The topological polar surface area (TPSA) is 86.8 Å². The number of nitrogens with one attached hydrogen (secondary N) is 1. The van der Waals surface area contributed by atoms with Gasteiger partial charge in [-0.2, -0.15) is 0 Å². The molecule has 0 heterocycles. The number of hydrogen-bond donors (Lipinski definition) is 1. The maximum absolute atomic E-state index is 14.1. The molecule has 3 aromatic rings. The summed E-state index contributed by atoms with van der Waals surface area (Å²) in [6.45, 7) is 7.44. The van der Waals surface area contributed by atoms with Gasteiger partial charge in [-0.15, -0.1) is 0 Å². The largest absolute Gasteiger partial charge is 0.352 e. The van der Waals surface area contributed by atoms with Crippen LogP contribution in [0, 0.1) is 13.8 Å². The number of carbonyl (C=O) groups is 2. The second-order valence-electron chi connectivity index (χ2n) is 10.1. The average Bonchev–Trinajstić information content (AvgIpc) is 2.90. The highest BCUT2D eigenvalue weighted by Gasteiger charge is 2.33. The van der Waals surface area contributed by atoms with E-state index in [0.717, 1.165) is 39.2 Å². The van der Waals surface area contributed by atoms with Gasteiger partial charge in [0.1, 0.15) is 12.6 Å². The molecule has 0 radical (unpaired) electrons. The molecule has 0 aliphatic rings. The summed E-state index contributed by atoms with van der Waals surface area (Å²) in [7, 11) is -3.79. The number of nitrogens with zero attached hydrogens (tertiary/aromatic N) is 2. The van der Waals surface area contributed by atoms with E-state index in [1.165, 1.54) is 4.90 Å². The number of anilines is 1. The molecule has 2 atom stereocenters. The van der Waals surface area contributed by atoms with Crippen molar-refractivity contribution in [3.63, 3.8) is 0 Å². The predicted octanol–water partition coefficient (Wildman–Crippen LogP) is 4.62. The monoisotopic (exact) mass is 549 g/mol. The van der Waals surface area contributed by atoms with Gasteiger partial charge in [0.2, 0.25) is 21.8 Å². The van der Waals surface area contributed by atoms with Crippen LogP contribution in [0.2, 0.25) is 0 Å². The van der Waals surface area contributed by atoms with Crippen molar-refractivity contribution in [3.8, 4) is 0 Å². The zero-order valence-corrected chi connectivity index (χ0v) is 24.2. The Morgan fingerprint density at radius 2 is 1.49 bits per heavy atom. The minimum absolute atomic E-state index is 0.0772. The highest BCUT2D eigenvalue weighted by molar-refractivity contribution is 7.92. The fraction of sp³-hybridized carbons (Fsp3) is 0.355. The summed E-state index contributed by atoms with van der Waals surface area (Å²) in [5.74, 6) is -0.722. The highest BCUT2D eigenvalue weighted by atomic mass is 32.2. The number of aryl methyl sites for hydroxylation is 2. The van der Waals surface area contributed by atoms with Gasteiger partial charge in [0.25, 0.3) is 0 Å². The Labute approximate surface area is 232 Å². The molecule has 1 N–H and O–H groups in total. The summed E-state index contributed by atoms with van der Waals surface area (Å²) in [5.41, 5.74) is 4.01. The number of para-hydroxylation sites is 1. The van der Waals surface area contributed by atoms with Gasteiger partial charge in [-0.3, -0.25) is 13.9 Å². The Kier molecular flexibility index (Phi) is 10.3. The van der Waals surface area contributed by atoms with Crippen molar-refractivity contribution in [2.75, 3.05) is 17.1 Å².